The number of hydrogen-bond donors (Lipinski definition) is 1. The van der Waals surface area contributed by atoms with Crippen LogP contribution in [0.4, 0.5) is 10.9 Å². The summed E-state index contributed by atoms with van der Waals surface area (Å²) in [5, 5.41) is 3.54. The smallest absolute Gasteiger partial charge is 0.259 e. The molecule has 180 valence electrons. The monoisotopic (exact) mass is 511 g/mol. The van der Waals surface area contributed by atoms with E-state index in [2.05, 4.69) is 30.2 Å². The Balaban J connectivity index is 1.44. The van der Waals surface area contributed by atoms with Crippen molar-refractivity contribution in [2.45, 2.75) is 20.0 Å². The molecule has 10 nitrogen and oxygen atoms in total. The molecular formula is C23H22ClN7O3S. The molecule has 35 heavy (non-hydrogen) atoms. The summed E-state index contributed by atoms with van der Waals surface area (Å²) in [6, 6.07) is 3.46. The second-order valence-electron chi connectivity index (χ2n) is 8.04. The van der Waals surface area contributed by atoms with E-state index in [1.54, 1.807) is 18.3 Å². The lowest BCUT2D eigenvalue weighted by Gasteiger charge is -2.31. The van der Waals surface area contributed by atoms with Gasteiger partial charge in [-0.05, 0) is 26.0 Å². The summed E-state index contributed by atoms with van der Waals surface area (Å²) in [4.78, 5) is 38.0. The van der Waals surface area contributed by atoms with Gasteiger partial charge in [0.05, 0.1) is 37.8 Å². The van der Waals surface area contributed by atoms with Gasteiger partial charge in [-0.3, -0.25) is 15.1 Å². The molecule has 0 saturated carbocycles. The number of hydrogen-bond acceptors (Lipinski definition) is 10. The van der Waals surface area contributed by atoms with Crippen LogP contribution in [0.25, 0.3) is 21.6 Å². The Bertz CT molecular complexity index is 1410. The fraction of sp³-hybridized carbons (Fsp3) is 0.304. The van der Waals surface area contributed by atoms with Crippen LogP contribution >= 0.6 is 22.9 Å². The fourth-order valence-electron chi connectivity index (χ4n) is 3.86. The number of nitrogens with one attached hydrogen (secondary N) is 1. The van der Waals surface area contributed by atoms with Crippen LogP contribution in [-0.2, 0) is 4.74 Å². The van der Waals surface area contributed by atoms with E-state index in [1.165, 1.54) is 30.8 Å². The molecule has 4 aromatic rings. The topological polar surface area (TPSA) is 115 Å². The number of ether oxygens (including phenoxy) is 2. The maximum Gasteiger partial charge on any atom is 0.259 e. The molecule has 0 aromatic carbocycles. The number of carbonyl (C=O) groups excluding carboxylic acids is 1. The van der Waals surface area contributed by atoms with Gasteiger partial charge in [-0.15, -0.1) is 0 Å². The lowest BCUT2D eigenvalue weighted by molar-refractivity contribution is 0.0529. The molecule has 1 aliphatic rings. The van der Waals surface area contributed by atoms with Crippen LogP contribution in [0.5, 0.6) is 5.75 Å². The summed E-state index contributed by atoms with van der Waals surface area (Å²) in [5.41, 5.74) is 2.82. The maximum absolute atomic E-state index is 13.3. The molecule has 5 rings (SSSR count). The minimum atomic E-state index is -0.372. The second-order valence-corrected chi connectivity index (χ2v) is 9.40. The van der Waals surface area contributed by atoms with Crippen LogP contribution < -0.4 is 15.0 Å². The molecule has 0 spiro atoms. The van der Waals surface area contributed by atoms with Crippen molar-refractivity contribution in [1.82, 2.24) is 24.9 Å². The highest BCUT2D eigenvalue weighted by atomic mass is 35.5. The first-order valence-corrected chi connectivity index (χ1v) is 12.1. The molecule has 1 fully saturated rings. The van der Waals surface area contributed by atoms with E-state index in [4.69, 9.17) is 26.1 Å². The van der Waals surface area contributed by atoms with Gasteiger partial charge < -0.3 is 14.4 Å². The zero-order valence-corrected chi connectivity index (χ0v) is 20.9. The minimum Gasteiger partial charge on any atom is -0.494 e. The lowest BCUT2D eigenvalue weighted by Crippen LogP contribution is -2.41. The van der Waals surface area contributed by atoms with Crippen molar-refractivity contribution in [2.24, 2.45) is 0 Å². The van der Waals surface area contributed by atoms with Crippen LogP contribution in [0, 0.1) is 6.92 Å². The number of carbonyl (C=O) groups is 1. The molecule has 1 aliphatic heterocycles. The summed E-state index contributed by atoms with van der Waals surface area (Å²) in [6.07, 6.45) is 4.87. The van der Waals surface area contributed by atoms with Crippen molar-refractivity contribution in [3.8, 4) is 16.9 Å². The third kappa shape index (κ3) is 4.88. The lowest BCUT2D eigenvalue weighted by atomic mass is 10.0. The number of amides is 1. The first kappa shape index (κ1) is 23.3. The third-order valence-corrected chi connectivity index (χ3v) is 6.59. The Morgan fingerprint density at radius 3 is 2.86 bits per heavy atom. The summed E-state index contributed by atoms with van der Waals surface area (Å²) in [6.45, 7) is 6.01. The van der Waals surface area contributed by atoms with Crippen molar-refractivity contribution in [3.05, 3.63) is 47.1 Å². The van der Waals surface area contributed by atoms with E-state index in [0.29, 0.717) is 44.7 Å². The van der Waals surface area contributed by atoms with Crippen LogP contribution in [0.3, 0.4) is 0 Å². The van der Waals surface area contributed by atoms with Gasteiger partial charge in [0.1, 0.15) is 16.7 Å². The molecule has 5 heterocycles. The molecule has 0 aliphatic carbocycles. The van der Waals surface area contributed by atoms with Gasteiger partial charge >= 0.3 is 0 Å². The van der Waals surface area contributed by atoms with Gasteiger partial charge in [-0.1, -0.05) is 22.9 Å². The third-order valence-electron chi connectivity index (χ3n) is 5.53. The average molecular weight is 512 g/mol. The van der Waals surface area contributed by atoms with Crippen molar-refractivity contribution >= 4 is 50.3 Å². The van der Waals surface area contributed by atoms with Gasteiger partial charge in [0.25, 0.3) is 5.91 Å². The molecule has 0 unspecified atom stereocenters. The number of aryl methyl sites for hydroxylation is 1. The Kier molecular flexibility index (Phi) is 6.46. The highest BCUT2D eigenvalue weighted by Gasteiger charge is 2.21. The molecule has 1 atom stereocenters. The SMILES string of the molecule is COc1cnc(Cl)cc1-c1cc(C)ncc1C(=O)Nc1nc2ncc(N3CCO[C@@H](C)C3)nc2s1. The first-order valence-electron chi connectivity index (χ1n) is 10.9. The van der Waals surface area contributed by atoms with Crippen molar-refractivity contribution < 1.29 is 14.3 Å². The van der Waals surface area contributed by atoms with Crippen LogP contribution in [0.1, 0.15) is 23.0 Å². The number of rotatable bonds is 5. The Morgan fingerprint density at radius 2 is 2.06 bits per heavy atom. The van der Waals surface area contributed by atoms with Gasteiger partial charge in [-0.25, -0.2) is 15.0 Å². The Morgan fingerprint density at radius 1 is 1.20 bits per heavy atom. The summed E-state index contributed by atoms with van der Waals surface area (Å²) < 4.78 is 11.0. The Hall–Kier alpha value is -3.41. The van der Waals surface area contributed by atoms with Gasteiger partial charge in [0.2, 0.25) is 0 Å². The number of thiazole rings is 1. The quantitative estimate of drug-likeness (QED) is 0.397. The van der Waals surface area contributed by atoms with Crippen LogP contribution in [0.15, 0.2) is 30.7 Å². The average Bonchev–Trinajstić information content (AvgIpc) is 3.25. The molecule has 1 N–H and O–H groups in total. The number of aromatic nitrogens is 5. The van der Waals surface area contributed by atoms with E-state index in [-0.39, 0.29) is 17.2 Å². The zero-order chi connectivity index (χ0) is 24.5. The van der Waals surface area contributed by atoms with Crippen LogP contribution in [0.2, 0.25) is 5.15 Å². The molecule has 0 bridgehead atoms. The highest BCUT2D eigenvalue weighted by molar-refractivity contribution is 7.21. The Labute approximate surface area is 210 Å². The molecule has 0 radical (unpaired) electrons. The predicted octanol–water partition coefficient (Wildman–Crippen LogP) is 3.99. The number of fused-ring (bicyclic) bond motifs is 1. The normalized spacial score (nSPS) is 15.9. The fourth-order valence-corrected chi connectivity index (χ4v) is 4.81. The van der Waals surface area contributed by atoms with E-state index in [0.717, 1.165) is 24.6 Å². The molecule has 1 amide bonds. The number of anilines is 2. The number of methoxy groups -OCH3 is 1. The summed E-state index contributed by atoms with van der Waals surface area (Å²) >= 11 is 7.40. The van der Waals surface area contributed by atoms with Crippen molar-refractivity contribution in [3.63, 3.8) is 0 Å². The molecule has 4 aromatic heterocycles. The van der Waals surface area contributed by atoms with E-state index in [1.807, 2.05) is 13.8 Å². The first-order chi connectivity index (χ1) is 16.9. The van der Waals surface area contributed by atoms with Crippen molar-refractivity contribution in [1.29, 1.82) is 0 Å². The summed E-state index contributed by atoms with van der Waals surface area (Å²) in [7, 11) is 1.54. The van der Waals surface area contributed by atoms with E-state index in [9.17, 15) is 4.79 Å². The van der Waals surface area contributed by atoms with Crippen LogP contribution in [-0.4, -0.2) is 63.7 Å². The molecular weight excluding hydrogens is 490 g/mol. The number of nitrogens with zero attached hydrogens (tertiary/aromatic N) is 6. The highest BCUT2D eigenvalue weighted by Crippen LogP contribution is 2.34. The second kappa shape index (κ2) is 9.68. The minimum absolute atomic E-state index is 0.128. The molecule has 1 saturated heterocycles. The predicted molar refractivity (Wildman–Crippen MR) is 135 cm³/mol. The van der Waals surface area contributed by atoms with Gasteiger partial charge in [0.15, 0.2) is 15.6 Å². The number of halogens is 1. The zero-order valence-electron chi connectivity index (χ0n) is 19.3. The standard InChI is InChI=1S/C23H22ClN7O3S/c1-12-6-14(15-7-18(24)26-9-17(15)33-3)16(8-25-12)21(32)30-23-29-20-22(35-23)28-19(10-27-20)31-4-5-34-13(2)11-31/h6-10,13H,4-5,11H2,1-3H3,(H,27,29,30,32)/t13-/m0/s1. The largest absolute Gasteiger partial charge is 0.494 e. The number of morpholine rings is 1. The van der Waals surface area contributed by atoms with Crippen molar-refractivity contribution in [2.75, 3.05) is 37.0 Å². The maximum atomic E-state index is 13.3. The summed E-state index contributed by atoms with van der Waals surface area (Å²) in [5.74, 6) is 0.886. The van der Waals surface area contributed by atoms with Gasteiger partial charge in [0, 0.05) is 36.1 Å². The molecule has 12 heteroatoms. The number of pyridine rings is 2. The van der Waals surface area contributed by atoms with E-state index < -0.39 is 0 Å². The van der Waals surface area contributed by atoms with Gasteiger partial charge in [-0.2, -0.15) is 4.98 Å². The van der Waals surface area contributed by atoms with E-state index >= 15 is 0 Å².